The van der Waals surface area contributed by atoms with Crippen LogP contribution in [0.15, 0.2) is 48.5 Å². The Morgan fingerprint density at radius 3 is 2.24 bits per heavy atom. The lowest BCUT2D eigenvalue weighted by Crippen LogP contribution is -2.20. The van der Waals surface area contributed by atoms with Crippen LogP contribution in [-0.2, 0) is 0 Å². The normalized spacial score (nSPS) is 12.7. The van der Waals surface area contributed by atoms with Gasteiger partial charge in [-0.05, 0) is 17.2 Å². The van der Waals surface area contributed by atoms with Crippen LogP contribution in [0.5, 0.6) is 0 Å². The van der Waals surface area contributed by atoms with E-state index in [9.17, 15) is 9.59 Å². The van der Waals surface area contributed by atoms with Crippen LogP contribution in [0.1, 0.15) is 45.7 Å². The van der Waals surface area contributed by atoms with E-state index in [2.05, 4.69) is 5.32 Å². The Hall–Kier alpha value is -2.68. The molecule has 3 heteroatoms. The van der Waals surface area contributed by atoms with Crippen molar-refractivity contribution in [3.8, 4) is 0 Å². The Morgan fingerprint density at radius 2 is 1.52 bits per heavy atom. The standard InChI is InChI=1S/C16H11NO2.C2H6/c18-15-13-8-4-7-12(14(13)16(19)17-15)10-9-11-5-2-1-3-6-11;1-2/h1-10H,(H,17,18,19);1-2H3/b10-9+;. The Bertz CT molecular complexity index is 688. The fourth-order valence-electron chi connectivity index (χ4n) is 2.13. The molecule has 1 N–H and O–H groups in total. The number of hydrogen-bond donors (Lipinski definition) is 1. The summed E-state index contributed by atoms with van der Waals surface area (Å²) in [6.07, 6.45) is 3.78. The Morgan fingerprint density at radius 1 is 0.810 bits per heavy atom. The van der Waals surface area contributed by atoms with Gasteiger partial charge in [0.1, 0.15) is 0 Å². The molecule has 2 aromatic carbocycles. The van der Waals surface area contributed by atoms with E-state index in [0.29, 0.717) is 11.1 Å². The molecule has 0 spiro atoms. The quantitative estimate of drug-likeness (QED) is 0.672. The minimum absolute atomic E-state index is 0.324. The maximum Gasteiger partial charge on any atom is 0.259 e. The smallest absolute Gasteiger partial charge is 0.259 e. The highest BCUT2D eigenvalue weighted by molar-refractivity contribution is 6.23. The highest BCUT2D eigenvalue weighted by atomic mass is 16.2. The first-order valence-electron chi connectivity index (χ1n) is 6.97. The molecule has 2 amide bonds. The summed E-state index contributed by atoms with van der Waals surface area (Å²) in [5.74, 6) is -0.650. The minimum Gasteiger partial charge on any atom is -0.288 e. The molecule has 1 heterocycles. The number of amides is 2. The molecule has 106 valence electrons. The third kappa shape index (κ3) is 3.08. The molecule has 0 aromatic heterocycles. The van der Waals surface area contributed by atoms with Gasteiger partial charge in [-0.25, -0.2) is 0 Å². The van der Waals surface area contributed by atoms with Crippen molar-refractivity contribution in [2.24, 2.45) is 0 Å². The van der Waals surface area contributed by atoms with Crippen LogP contribution in [0.3, 0.4) is 0 Å². The maximum atomic E-state index is 11.7. The van der Waals surface area contributed by atoms with Crippen LogP contribution in [-0.4, -0.2) is 11.8 Å². The van der Waals surface area contributed by atoms with Gasteiger partial charge in [0.05, 0.1) is 11.1 Å². The molecule has 0 atom stereocenters. The summed E-state index contributed by atoms with van der Waals surface area (Å²) >= 11 is 0. The number of nitrogens with one attached hydrogen (secondary N) is 1. The summed E-state index contributed by atoms with van der Waals surface area (Å²) < 4.78 is 0. The van der Waals surface area contributed by atoms with Crippen LogP contribution < -0.4 is 5.32 Å². The Labute approximate surface area is 124 Å². The van der Waals surface area contributed by atoms with E-state index in [4.69, 9.17) is 0 Å². The van der Waals surface area contributed by atoms with Crippen molar-refractivity contribution >= 4 is 24.0 Å². The van der Waals surface area contributed by atoms with Crippen LogP contribution >= 0.6 is 0 Å². The van der Waals surface area contributed by atoms with Crippen molar-refractivity contribution in [1.82, 2.24) is 5.32 Å². The first-order chi connectivity index (χ1) is 10.3. The average molecular weight is 279 g/mol. The molecule has 21 heavy (non-hydrogen) atoms. The highest BCUT2D eigenvalue weighted by Gasteiger charge is 2.28. The molecule has 0 bridgehead atoms. The van der Waals surface area contributed by atoms with Gasteiger partial charge in [-0.15, -0.1) is 0 Å². The molecule has 2 aromatic rings. The number of rotatable bonds is 2. The third-order valence-corrected chi connectivity index (χ3v) is 3.05. The third-order valence-electron chi connectivity index (χ3n) is 3.05. The van der Waals surface area contributed by atoms with Crippen LogP contribution in [0, 0.1) is 0 Å². The Kier molecular flexibility index (Phi) is 4.67. The summed E-state index contributed by atoms with van der Waals surface area (Å²) in [5.41, 5.74) is 2.70. The van der Waals surface area contributed by atoms with Crippen LogP contribution in [0.2, 0.25) is 0 Å². The van der Waals surface area contributed by atoms with E-state index in [1.165, 1.54) is 0 Å². The predicted molar refractivity (Wildman–Crippen MR) is 85.0 cm³/mol. The molecule has 0 unspecified atom stereocenters. The van der Waals surface area contributed by atoms with Crippen molar-refractivity contribution in [1.29, 1.82) is 0 Å². The molecule has 1 aliphatic heterocycles. The lowest BCUT2D eigenvalue weighted by molar-refractivity contribution is 0.0879. The number of carbonyl (C=O) groups excluding carboxylic acids is 2. The Balaban J connectivity index is 0.000000774. The molecule has 0 saturated carbocycles. The highest BCUT2D eigenvalue weighted by Crippen LogP contribution is 2.21. The monoisotopic (exact) mass is 279 g/mol. The van der Waals surface area contributed by atoms with Gasteiger partial charge in [-0.3, -0.25) is 14.9 Å². The molecule has 0 fully saturated rings. The summed E-state index contributed by atoms with van der Waals surface area (Å²) in [6, 6.07) is 15.1. The second kappa shape index (κ2) is 6.66. The van der Waals surface area contributed by atoms with Gasteiger partial charge in [0.25, 0.3) is 11.8 Å². The number of benzene rings is 2. The van der Waals surface area contributed by atoms with E-state index in [1.807, 2.05) is 62.4 Å². The maximum absolute atomic E-state index is 11.7. The average Bonchev–Trinajstić information content (AvgIpc) is 2.84. The lowest BCUT2D eigenvalue weighted by Gasteiger charge is -2.00. The number of carbonyl (C=O) groups is 2. The first kappa shape index (κ1) is 14.7. The second-order valence-corrected chi connectivity index (χ2v) is 4.30. The van der Waals surface area contributed by atoms with Crippen LogP contribution in [0.25, 0.3) is 12.2 Å². The topological polar surface area (TPSA) is 46.2 Å². The lowest BCUT2D eigenvalue weighted by atomic mass is 10.0. The molecule has 0 saturated heterocycles. The van der Waals surface area contributed by atoms with Crippen molar-refractivity contribution < 1.29 is 9.59 Å². The van der Waals surface area contributed by atoms with E-state index >= 15 is 0 Å². The first-order valence-corrected chi connectivity index (χ1v) is 6.97. The molecular formula is C18H17NO2. The van der Waals surface area contributed by atoms with Crippen molar-refractivity contribution in [3.05, 3.63) is 70.8 Å². The van der Waals surface area contributed by atoms with Crippen molar-refractivity contribution in [2.75, 3.05) is 0 Å². The van der Waals surface area contributed by atoms with Crippen molar-refractivity contribution in [2.45, 2.75) is 13.8 Å². The zero-order valence-corrected chi connectivity index (χ0v) is 12.1. The predicted octanol–water partition coefficient (Wildman–Crippen LogP) is 3.77. The number of hydrogen-bond acceptors (Lipinski definition) is 2. The van der Waals surface area contributed by atoms with Gasteiger partial charge >= 0.3 is 0 Å². The van der Waals surface area contributed by atoms with Gasteiger partial charge in [0, 0.05) is 0 Å². The second-order valence-electron chi connectivity index (χ2n) is 4.30. The molecule has 0 aliphatic carbocycles. The SMILES string of the molecule is CC.O=C1NC(=O)c2c(/C=C/c3ccccc3)cccc21. The van der Waals surface area contributed by atoms with Crippen molar-refractivity contribution in [3.63, 3.8) is 0 Å². The van der Waals surface area contributed by atoms with Gasteiger partial charge in [-0.2, -0.15) is 0 Å². The van der Waals surface area contributed by atoms with Crippen LogP contribution in [0.4, 0.5) is 0 Å². The molecule has 3 nitrogen and oxygen atoms in total. The number of fused-ring (bicyclic) bond motifs is 1. The van der Waals surface area contributed by atoms with Gasteiger partial charge in [0.2, 0.25) is 0 Å². The zero-order chi connectivity index (χ0) is 15.2. The number of imide groups is 1. The molecular weight excluding hydrogens is 262 g/mol. The van der Waals surface area contributed by atoms with Gasteiger partial charge in [0.15, 0.2) is 0 Å². The van der Waals surface area contributed by atoms with Gasteiger partial charge in [-0.1, -0.05) is 68.5 Å². The molecule has 1 aliphatic rings. The van der Waals surface area contributed by atoms with E-state index < -0.39 is 0 Å². The largest absolute Gasteiger partial charge is 0.288 e. The molecule has 0 radical (unpaired) electrons. The van der Waals surface area contributed by atoms with E-state index in [0.717, 1.165) is 11.1 Å². The van der Waals surface area contributed by atoms with E-state index in [-0.39, 0.29) is 11.8 Å². The summed E-state index contributed by atoms with van der Waals surface area (Å²) in [7, 11) is 0. The van der Waals surface area contributed by atoms with Gasteiger partial charge < -0.3 is 0 Å². The summed E-state index contributed by atoms with van der Waals surface area (Å²) in [4.78, 5) is 23.3. The fourth-order valence-corrected chi connectivity index (χ4v) is 2.13. The zero-order valence-electron chi connectivity index (χ0n) is 12.1. The summed E-state index contributed by atoms with van der Waals surface area (Å²) in [6.45, 7) is 4.00. The minimum atomic E-state index is -0.326. The van der Waals surface area contributed by atoms with E-state index in [1.54, 1.807) is 12.1 Å². The molecule has 3 rings (SSSR count). The summed E-state index contributed by atoms with van der Waals surface area (Å²) in [5, 5.41) is 2.31. The fraction of sp³-hybridized carbons (Fsp3) is 0.111.